The van der Waals surface area contributed by atoms with Crippen LogP contribution >= 0.6 is 11.3 Å². The summed E-state index contributed by atoms with van der Waals surface area (Å²) < 4.78 is 43.4. The summed E-state index contributed by atoms with van der Waals surface area (Å²) in [6, 6.07) is 0. The molecule has 0 aromatic carbocycles. The molecule has 110 valence electrons. The van der Waals surface area contributed by atoms with Crippen molar-refractivity contribution in [1.29, 1.82) is 0 Å². The zero-order chi connectivity index (χ0) is 15.1. The first kappa shape index (κ1) is 14.7. The average molecular weight is 309 g/mol. The van der Waals surface area contributed by atoms with Crippen LogP contribution in [-0.4, -0.2) is 40.8 Å². The molecule has 0 bridgehead atoms. The number of aliphatic hydroxyl groups is 1. The Labute approximate surface area is 115 Å². The summed E-state index contributed by atoms with van der Waals surface area (Å²) in [5.74, 6) is -0.775. The summed E-state index contributed by atoms with van der Waals surface area (Å²) in [5, 5.41) is 14.9. The highest BCUT2D eigenvalue weighted by molar-refractivity contribution is 7.14. The summed E-state index contributed by atoms with van der Waals surface area (Å²) in [6.45, 7) is 1.37. The third-order valence-corrected chi connectivity index (χ3v) is 3.46. The molecule has 0 saturated carbocycles. The number of aromatic nitrogens is 1. The van der Waals surface area contributed by atoms with E-state index in [9.17, 15) is 23.1 Å². The number of halogens is 3. The van der Waals surface area contributed by atoms with Crippen molar-refractivity contribution in [3.8, 4) is 0 Å². The number of esters is 1. The van der Waals surface area contributed by atoms with Gasteiger partial charge in [0.15, 0.2) is 5.69 Å². The topological polar surface area (TPSA) is 75.0 Å². The van der Waals surface area contributed by atoms with Gasteiger partial charge < -0.3 is 9.84 Å². The third-order valence-electron chi connectivity index (χ3n) is 2.65. The van der Waals surface area contributed by atoms with Crippen LogP contribution in [0.2, 0.25) is 0 Å². The molecule has 6 nitrogen and oxygen atoms in total. The molecule has 1 aliphatic rings. The molecular weight excluding hydrogens is 299 g/mol. The van der Waals surface area contributed by atoms with Gasteiger partial charge in [-0.2, -0.15) is 23.3 Å². The Morgan fingerprint density at radius 2 is 2.25 bits per heavy atom. The summed E-state index contributed by atoms with van der Waals surface area (Å²) >= 11 is 0.758. The number of anilines is 1. The molecule has 20 heavy (non-hydrogen) atoms. The molecule has 0 fully saturated rings. The van der Waals surface area contributed by atoms with Crippen molar-refractivity contribution in [1.82, 2.24) is 4.98 Å². The van der Waals surface area contributed by atoms with Crippen LogP contribution in [0.5, 0.6) is 0 Å². The van der Waals surface area contributed by atoms with E-state index in [-0.39, 0.29) is 16.5 Å². The fraction of sp³-hybridized carbons (Fsp3) is 0.500. The number of methoxy groups -OCH3 is 1. The second kappa shape index (κ2) is 4.70. The molecule has 0 aliphatic carbocycles. The van der Waals surface area contributed by atoms with E-state index >= 15 is 0 Å². The second-order valence-electron chi connectivity index (χ2n) is 4.15. The van der Waals surface area contributed by atoms with Crippen molar-refractivity contribution >= 4 is 28.1 Å². The number of hydrogen-bond donors (Lipinski definition) is 1. The van der Waals surface area contributed by atoms with E-state index in [2.05, 4.69) is 14.8 Å². The standard InChI is InChI=1S/C10H10F3N3O3S/c1-5-3-9(18,10(11,12)13)16(15-5)8-14-6(4-20-8)7(17)19-2/h4,18H,3H2,1-2H3/t9-/m1/s1. The van der Waals surface area contributed by atoms with Crippen LogP contribution < -0.4 is 5.01 Å². The molecule has 2 rings (SSSR count). The summed E-state index contributed by atoms with van der Waals surface area (Å²) in [6.07, 6.45) is -5.59. The van der Waals surface area contributed by atoms with E-state index in [0.29, 0.717) is 5.01 Å². The maximum atomic E-state index is 13.0. The van der Waals surface area contributed by atoms with Gasteiger partial charge in [0.1, 0.15) is 0 Å². The van der Waals surface area contributed by atoms with Crippen LogP contribution in [0.25, 0.3) is 0 Å². The molecule has 10 heteroatoms. The largest absolute Gasteiger partial charge is 0.464 e. The van der Waals surface area contributed by atoms with E-state index in [4.69, 9.17) is 0 Å². The first-order chi connectivity index (χ1) is 9.19. The lowest BCUT2D eigenvalue weighted by Gasteiger charge is -2.32. The smallest absolute Gasteiger partial charge is 0.438 e. The summed E-state index contributed by atoms with van der Waals surface area (Å²) in [7, 11) is 1.13. The molecular formula is C10H10F3N3O3S. The predicted octanol–water partition coefficient (Wildman–Crippen LogP) is 1.77. The van der Waals surface area contributed by atoms with E-state index in [1.54, 1.807) is 0 Å². The lowest BCUT2D eigenvalue weighted by Crippen LogP contribution is -2.55. The van der Waals surface area contributed by atoms with Gasteiger partial charge >= 0.3 is 12.1 Å². The van der Waals surface area contributed by atoms with Crippen molar-refractivity contribution in [3.63, 3.8) is 0 Å². The molecule has 0 spiro atoms. The lowest BCUT2D eigenvalue weighted by molar-refractivity contribution is -0.254. The van der Waals surface area contributed by atoms with Crippen LogP contribution in [0.1, 0.15) is 23.8 Å². The fourth-order valence-electron chi connectivity index (χ4n) is 1.70. The zero-order valence-corrected chi connectivity index (χ0v) is 11.2. The lowest BCUT2D eigenvalue weighted by atomic mass is 10.1. The van der Waals surface area contributed by atoms with Gasteiger partial charge in [0.25, 0.3) is 5.72 Å². The summed E-state index contributed by atoms with van der Waals surface area (Å²) in [4.78, 5) is 15.0. The molecule has 0 unspecified atom stereocenters. The quantitative estimate of drug-likeness (QED) is 0.843. The summed E-state index contributed by atoms with van der Waals surface area (Å²) in [5.41, 5.74) is -3.18. The van der Waals surface area contributed by atoms with Crippen molar-refractivity contribution < 1.29 is 27.8 Å². The number of ether oxygens (including phenoxy) is 1. The number of rotatable bonds is 2. The molecule has 0 amide bonds. The van der Waals surface area contributed by atoms with Gasteiger partial charge in [-0.25, -0.2) is 9.78 Å². The SMILES string of the molecule is COC(=O)c1csc(N2N=C(C)C[C@@]2(O)C(F)(F)F)n1. The molecule has 2 heterocycles. The van der Waals surface area contributed by atoms with E-state index < -0.39 is 24.3 Å². The molecule has 1 atom stereocenters. The Morgan fingerprint density at radius 3 is 2.80 bits per heavy atom. The van der Waals surface area contributed by atoms with Crippen LogP contribution in [0, 0.1) is 0 Å². The van der Waals surface area contributed by atoms with Crippen molar-refractivity contribution in [2.45, 2.75) is 25.2 Å². The number of carbonyl (C=O) groups is 1. The average Bonchev–Trinajstić information content (AvgIpc) is 2.92. The number of nitrogens with zero attached hydrogens (tertiary/aromatic N) is 3. The Morgan fingerprint density at radius 1 is 1.60 bits per heavy atom. The zero-order valence-electron chi connectivity index (χ0n) is 10.4. The maximum Gasteiger partial charge on any atom is 0.438 e. The van der Waals surface area contributed by atoms with Gasteiger partial charge in [-0.1, -0.05) is 0 Å². The van der Waals surface area contributed by atoms with Gasteiger partial charge in [-0.3, -0.25) is 0 Å². The number of hydrogen-bond acceptors (Lipinski definition) is 7. The Kier molecular flexibility index (Phi) is 3.46. The van der Waals surface area contributed by atoms with Gasteiger partial charge in [-0.05, 0) is 6.92 Å². The number of thiazole rings is 1. The van der Waals surface area contributed by atoms with Crippen molar-refractivity contribution in [2.75, 3.05) is 12.1 Å². The van der Waals surface area contributed by atoms with Gasteiger partial charge in [0.2, 0.25) is 5.13 Å². The molecule has 1 aromatic heterocycles. The van der Waals surface area contributed by atoms with Crippen molar-refractivity contribution in [2.24, 2.45) is 5.10 Å². The minimum absolute atomic E-state index is 0.111. The Balaban J connectivity index is 2.39. The number of alkyl halides is 3. The highest BCUT2D eigenvalue weighted by atomic mass is 32.1. The van der Waals surface area contributed by atoms with Crippen molar-refractivity contribution in [3.05, 3.63) is 11.1 Å². The molecule has 0 radical (unpaired) electrons. The van der Waals surface area contributed by atoms with Crippen LogP contribution in [0.4, 0.5) is 18.3 Å². The van der Waals surface area contributed by atoms with Crippen LogP contribution in [-0.2, 0) is 4.74 Å². The third kappa shape index (κ3) is 2.24. The highest BCUT2D eigenvalue weighted by Crippen LogP contribution is 2.43. The predicted molar refractivity (Wildman–Crippen MR) is 64.7 cm³/mol. The molecule has 0 saturated heterocycles. The monoisotopic (exact) mass is 309 g/mol. The molecule has 1 aromatic rings. The first-order valence-corrected chi connectivity index (χ1v) is 6.24. The van der Waals surface area contributed by atoms with Gasteiger partial charge in [0.05, 0.1) is 7.11 Å². The van der Waals surface area contributed by atoms with E-state index in [0.717, 1.165) is 18.4 Å². The van der Waals surface area contributed by atoms with E-state index in [1.807, 2.05) is 0 Å². The Hall–Kier alpha value is -1.68. The maximum absolute atomic E-state index is 13.0. The van der Waals surface area contributed by atoms with Gasteiger partial charge in [0, 0.05) is 17.5 Å². The molecule has 1 N–H and O–H groups in total. The fourth-order valence-corrected chi connectivity index (χ4v) is 2.51. The Bertz CT molecular complexity index is 572. The minimum Gasteiger partial charge on any atom is -0.464 e. The molecule has 1 aliphatic heterocycles. The number of hydrazone groups is 1. The van der Waals surface area contributed by atoms with Crippen LogP contribution in [0.15, 0.2) is 10.5 Å². The van der Waals surface area contributed by atoms with Crippen LogP contribution in [0.3, 0.4) is 0 Å². The number of carbonyl (C=O) groups excluding carboxylic acids is 1. The van der Waals surface area contributed by atoms with Gasteiger partial charge in [-0.15, -0.1) is 11.3 Å². The highest BCUT2D eigenvalue weighted by Gasteiger charge is 2.62. The minimum atomic E-state index is -4.91. The second-order valence-corrected chi connectivity index (χ2v) is 4.98. The van der Waals surface area contributed by atoms with E-state index in [1.165, 1.54) is 12.3 Å². The first-order valence-electron chi connectivity index (χ1n) is 5.36. The normalized spacial score (nSPS) is 22.9.